The van der Waals surface area contributed by atoms with Gasteiger partial charge in [-0.15, -0.1) is 6.42 Å². The van der Waals surface area contributed by atoms with Crippen molar-refractivity contribution < 1.29 is 0 Å². The average Bonchev–Trinajstić information content (AvgIpc) is 2.22. The van der Waals surface area contributed by atoms with Gasteiger partial charge in [-0.2, -0.15) is 0 Å². The maximum Gasteiger partial charge on any atom is 0.0660 e. The third-order valence-electron chi connectivity index (χ3n) is 3.19. The summed E-state index contributed by atoms with van der Waals surface area (Å²) >= 11 is 5.97. The number of hydrogen-bond donors (Lipinski definition) is 1. The van der Waals surface area contributed by atoms with Crippen LogP contribution >= 0.6 is 11.6 Å². The average molecular weight is 234 g/mol. The predicted octanol–water partition coefficient (Wildman–Crippen LogP) is 3.20. The Hall–Kier alpha value is -0.970. The molecule has 1 N–H and O–H groups in total. The Morgan fingerprint density at radius 3 is 2.88 bits per heavy atom. The molecule has 0 aliphatic heterocycles. The number of halogens is 1. The Balaban J connectivity index is 1.87. The van der Waals surface area contributed by atoms with Gasteiger partial charge in [-0.25, -0.2) is 0 Å². The lowest BCUT2D eigenvalue weighted by Gasteiger charge is -2.37. The summed E-state index contributed by atoms with van der Waals surface area (Å²) in [6, 6.07) is 8.88. The number of nitrogens with one attached hydrogen (secondary N) is 1. The van der Waals surface area contributed by atoms with Crippen molar-refractivity contribution in [2.75, 3.05) is 0 Å². The van der Waals surface area contributed by atoms with Crippen LogP contribution in [0.4, 0.5) is 0 Å². The quantitative estimate of drug-likeness (QED) is 0.791. The minimum absolute atomic E-state index is 0.172. The van der Waals surface area contributed by atoms with Crippen molar-refractivity contribution in [3.8, 4) is 12.3 Å². The van der Waals surface area contributed by atoms with E-state index < -0.39 is 0 Å². The van der Waals surface area contributed by atoms with Gasteiger partial charge in [0.15, 0.2) is 0 Å². The lowest BCUT2D eigenvalue weighted by molar-refractivity contribution is 0.284. The first kappa shape index (κ1) is 11.5. The van der Waals surface area contributed by atoms with Crippen LogP contribution < -0.4 is 5.32 Å². The first-order valence-electron chi connectivity index (χ1n) is 5.66. The Morgan fingerprint density at radius 2 is 2.25 bits per heavy atom. The topological polar surface area (TPSA) is 12.0 Å². The third kappa shape index (κ3) is 2.58. The van der Waals surface area contributed by atoms with E-state index >= 15 is 0 Å². The smallest absolute Gasteiger partial charge is 0.0660 e. The number of rotatable bonds is 3. The summed E-state index contributed by atoms with van der Waals surface area (Å²) in [4.78, 5) is 0. The molecule has 1 aliphatic rings. The standard InChI is InChI=1S/C14H16ClN/c1-3-10(2)16-14-8-12(9-14)11-5-4-6-13(15)7-11/h1,4-7,10,12,14,16H,8-9H2,2H3. The van der Waals surface area contributed by atoms with Gasteiger partial charge in [-0.3, -0.25) is 0 Å². The van der Waals surface area contributed by atoms with E-state index in [2.05, 4.69) is 23.4 Å². The fourth-order valence-corrected chi connectivity index (χ4v) is 2.39. The minimum Gasteiger partial charge on any atom is -0.301 e. The molecule has 0 bridgehead atoms. The molecule has 1 aromatic carbocycles. The van der Waals surface area contributed by atoms with Crippen LogP contribution in [0.25, 0.3) is 0 Å². The Labute approximate surface area is 102 Å². The molecule has 1 aliphatic carbocycles. The lowest BCUT2D eigenvalue weighted by Crippen LogP contribution is -2.43. The van der Waals surface area contributed by atoms with Crippen molar-refractivity contribution >= 4 is 11.6 Å². The summed E-state index contributed by atoms with van der Waals surface area (Å²) in [7, 11) is 0. The molecular formula is C14H16ClN. The normalized spacial score (nSPS) is 25.6. The van der Waals surface area contributed by atoms with Gasteiger partial charge in [-0.1, -0.05) is 29.7 Å². The molecule has 0 amide bonds. The first-order chi connectivity index (χ1) is 7.69. The molecular weight excluding hydrogens is 218 g/mol. The van der Waals surface area contributed by atoms with Gasteiger partial charge < -0.3 is 5.32 Å². The van der Waals surface area contributed by atoms with Crippen LogP contribution in [-0.2, 0) is 0 Å². The van der Waals surface area contributed by atoms with E-state index in [1.54, 1.807) is 0 Å². The summed E-state index contributed by atoms with van der Waals surface area (Å²) in [5.74, 6) is 3.34. The van der Waals surface area contributed by atoms with Crippen molar-refractivity contribution in [3.63, 3.8) is 0 Å². The van der Waals surface area contributed by atoms with Crippen molar-refractivity contribution in [2.45, 2.75) is 37.8 Å². The van der Waals surface area contributed by atoms with E-state index in [1.807, 2.05) is 19.1 Å². The Kier molecular flexibility index (Phi) is 3.53. The van der Waals surface area contributed by atoms with E-state index in [4.69, 9.17) is 18.0 Å². The molecule has 84 valence electrons. The van der Waals surface area contributed by atoms with Crippen molar-refractivity contribution in [3.05, 3.63) is 34.9 Å². The minimum atomic E-state index is 0.172. The second-order valence-electron chi connectivity index (χ2n) is 4.48. The van der Waals surface area contributed by atoms with Gasteiger partial charge in [0, 0.05) is 11.1 Å². The fraction of sp³-hybridized carbons (Fsp3) is 0.429. The summed E-state index contributed by atoms with van der Waals surface area (Å²) in [5, 5.41) is 4.24. The van der Waals surface area contributed by atoms with E-state index in [0.29, 0.717) is 12.0 Å². The molecule has 16 heavy (non-hydrogen) atoms. The predicted molar refractivity (Wildman–Crippen MR) is 68.6 cm³/mol. The largest absolute Gasteiger partial charge is 0.301 e. The molecule has 1 atom stereocenters. The molecule has 2 rings (SSSR count). The molecule has 1 nitrogen and oxygen atoms in total. The monoisotopic (exact) mass is 233 g/mol. The van der Waals surface area contributed by atoms with Crippen LogP contribution in [-0.4, -0.2) is 12.1 Å². The van der Waals surface area contributed by atoms with Gasteiger partial charge in [0.25, 0.3) is 0 Å². The number of terminal acetylenes is 1. The van der Waals surface area contributed by atoms with Crippen LogP contribution in [0.3, 0.4) is 0 Å². The van der Waals surface area contributed by atoms with Gasteiger partial charge in [0.1, 0.15) is 0 Å². The maximum absolute atomic E-state index is 5.97. The van der Waals surface area contributed by atoms with E-state index in [9.17, 15) is 0 Å². The highest BCUT2D eigenvalue weighted by atomic mass is 35.5. The summed E-state index contributed by atoms with van der Waals surface area (Å²) in [5.41, 5.74) is 1.35. The van der Waals surface area contributed by atoms with E-state index in [0.717, 1.165) is 17.9 Å². The Morgan fingerprint density at radius 1 is 1.50 bits per heavy atom. The zero-order chi connectivity index (χ0) is 11.5. The molecule has 1 fully saturated rings. The highest BCUT2D eigenvalue weighted by Gasteiger charge is 2.30. The first-order valence-corrected chi connectivity index (χ1v) is 6.04. The maximum atomic E-state index is 5.97. The zero-order valence-corrected chi connectivity index (χ0v) is 10.2. The van der Waals surface area contributed by atoms with Gasteiger partial charge >= 0.3 is 0 Å². The fourth-order valence-electron chi connectivity index (χ4n) is 2.19. The van der Waals surface area contributed by atoms with Crippen LogP contribution in [0.1, 0.15) is 31.2 Å². The van der Waals surface area contributed by atoms with Crippen LogP contribution in [0, 0.1) is 12.3 Å². The number of benzene rings is 1. The number of hydrogen-bond acceptors (Lipinski definition) is 1. The van der Waals surface area contributed by atoms with Gasteiger partial charge in [-0.05, 0) is 43.4 Å². The molecule has 1 aromatic rings. The summed E-state index contributed by atoms with van der Waals surface area (Å²) in [6.07, 6.45) is 7.65. The highest BCUT2D eigenvalue weighted by molar-refractivity contribution is 6.30. The van der Waals surface area contributed by atoms with Gasteiger partial charge in [0.05, 0.1) is 6.04 Å². The lowest BCUT2D eigenvalue weighted by atomic mass is 9.75. The molecule has 0 heterocycles. The van der Waals surface area contributed by atoms with Crippen LogP contribution in [0.2, 0.25) is 5.02 Å². The third-order valence-corrected chi connectivity index (χ3v) is 3.43. The van der Waals surface area contributed by atoms with Crippen molar-refractivity contribution in [1.29, 1.82) is 0 Å². The molecule has 1 unspecified atom stereocenters. The van der Waals surface area contributed by atoms with Crippen molar-refractivity contribution in [1.82, 2.24) is 5.32 Å². The molecule has 2 heteroatoms. The molecule has 0 spiro atoms. The van der Waals surface area contributed by atoms with Crippen molar-refractivity contribution in [2.24, 2.45) is 0 Å². The molecule has 0 radical (unpaired) electrons. The van der Waals surface area contributed by atoms with Crippen LogP contribution in [0.5, 0.6) is 0 Å². The second kappa shape index (κ2) is 4.91. The van der Waals surface area contributed by atoms with Gasteiger partial charge in [0.2, 0.25) is 0 Å². The Bertz CT molecular complexity index is 401. The summed E-state index contributed by atoms with van der Waals surface area (Å²) < 4.78 is 0. The van der Waals surface area contributed by atoms with E-state index in [1.165, 1.54) is 5.56 Å². The second-order valence-corrected chi connectivity index (χ2v) is 4.91. The zero-order valence-electron chi connectivity index (χ0n) is 9.41. The summed E-state index contributed by atoms with van der Waals surface area (Å²) in [6.45, 7) is 2.02. The SMILES string of the molecule is C#CC(C)NC1CC(c2cccc(Cl)c2)C1. The molecule has 0 saturated heterocycles. The highest BCUT2D eigenvalue weighted by Crippen LogP contribution is 2.37. The van der Waals surface area contributed by atoms with E-state index in [-0.39, 0.29) is 6.04 Å². The molecule has 0 aromatic heterocycles. The molecule has 1 saturated carbocycles. The van der Waals surface area contributed by atoms with Crippen LogP contribution in [0.15, 0.2) is 24.3 Å².